The lowest BCUT2D eigenvalue weighted by atomic mass is 9.99. The van der Waals surface area contributed by atoms with Crippen molar-refractivity contribution < 1.29 is 14.3 Å². The predicted octanol–water partition coefficient (Wildman–Crippen LogP) is 4.32. The Morgan fingerprint density at radius 3 is 2.42 bits per heavy atom. The molecule has 5 nitrogen and oxygen atoms in total. The Kier molecular flexibility index (Phi) is 6.07. The number of carbonyl (C=O) groups is 2. The maximum absolute atomic E-state index is 12.9. The number of nitrogens with one attached hydrogen (secondary N) is 2. The molecule has 7 heteroatoms. The van der Waals surface area contributed by atoms with Gasteiger partial charge in [0.05, 0.1) is 10.6 Å². The van der Waals surface area contributed by atoms with Crippen LogP contribution in [0, 0.1) is 6.92 Å². The van der Waals surface area contributed by atoms with Crippen LogP contribution in [0.15, 0.2) is 72.8 Å². The summed E-state index contributed by atoms with van der Waals surface area (Å²) in [6.07, 6.45) is 1.74. The SMILES string of the molecule is Cc1ccc(C(=O)N[C@H]2C(=O)N/[N+](=C\c3ccc(Cl)cc3Cl)[C@@H]2c2ccccc2)cc1. The van der Waals surface area contributed by atoms with Crippen LogP contribution in [0.4, 0.5) is 0 Å². The van der Waals surface area contributed by atoms with E-state index < -0.39 is 12.1 Å². The molecule has 156 valence electrons. The van der Waals surface area contributed by atoms with Gasteiger partial charge in [-0.15, -0.1) is 10.1 Å². The molecule has 31 heavy (non-hydrogen) atoms. The molecule has 1 saturated heterocycles. The van der Waals surface area contributed by atoms with Crippen LogP contribution in [0.2, 0.25) is 10.0 Å². The van der Waals surface area contributed by atoms with Crippen molar-refractivity contribution in [3.63, 3.8) is 0 Å². The number of amides is 2. The molecule has 4 rings (SSSR count). The van der Waals surface area contributed by atoms with Crippen molar-refractivity contribution in [2.45, 2.75) is 19.0 Å². The summed E-state index contributed by atoms with van der Waals surface area (Å²) in [5.41, 5.74) is 5.95. The van der Waals surface area contributed by atoms with Gasteiger partial charge in [0.2, 0.25) is 12.3 Å². The fraction of sp³-hybridized carbons (Fsp3) is 0.125. The van der Waals surface area contributed by atoms with E-state index in [0.29, 0.717) is 21.2 Å². The molecular formula is C24H20Cl2N3O2+. The second kappa shape index (κ2) is 8.92. The highest BCUT2D eigenvalue weighted by molar-refractivity contribution is 6.36. The smallest absolute Gasteiger partial charge is 0.304 e. The zero-order valence-corrected chi connectivity index (χ0v) is 18.2. The van der Waals surface area contributed by atoms with Gasteiger partial charge in [-0.1, -0.05) is 71.2 Å². The van der Waals surface area contributed by atoms with E-state index in [1.165, 1.54) is 0 Å². The van der Waals surface area contributed by atoms with Crippen LogP contribution in [0.5, 0.6) is 0 Å². The number of hydrogen-bond donors (Lipinski definition) is 2. The van der Waals surface area contributed by atoms with Gasteiger partial charge in [-0.05, 0) is 37.3 Å². The van der Waals surface area contributed by atoms with Crippen molar-refractivity contribution in [2.75, 3.05) is 0 Å². The summed E-state index contributed by atoms with van der Waals surface area (Å²) >= 11 is 12.3. The Hall–Kier alpha value is -3.15. The van der Waals surface area contributed by atoms with E-state index >= 15 is 0 Å². The highest BCUT2D eigenvalue weighted by Crippen LogP contribution is 2.26. The zero-order valence-electron chi connectivity index (χ0n) is 16.7. The molecular weight excluding hydrogens is 433 g/mol. The first kappa shape index (κ1) is 21.1. The summed E-state index contributed by atoms with van der Waals surface area (Å²) in [4.78, 5) is 25.7. The summed E-state index contributed by atoms with van der Waals surface area (Å²) in [5, 5.41) is 3.87. The normalized spacial score (nSPS) is 19.3. The van der Waals surface area contributed by atoms with Crippen molar-refractivity contribution >= 4 is 41.2 Å². The van der Waals surface area contributed by atoms with E-state index in [9.17, 15) is 9.59 Å². The van der Waals surface area contributed by atoms with Crippen molar-refractivity contribution in [3.05, 3.63) is 105 Å². The third kappa shape index (κ3) is 4.63. The van der Waals surface area contributed by atoms with E-state index in [4.69, 9.17) is 23.2 Å². The molecule has 0 spiro atoms. The first-order valence-corrected chi connectivity index (χ1v) is 10.5. The van der Waals surface area contributed by atoms with Crippen LogP contribution < -0.4 is 10.7 Å². The van der Waals surface area contributed by atoms with Gasteiger partial charge >= 0.3 is 5.91 Å². The van der Waals surface area contributed by atoms with Crippen molar-refractivity contribution in [1.82, 2.24) is 10.7 Å². The molecule has 0 unspecified atom stereocenters. The molecule has 2 amide bonds. The number of halogens is 2. The highest BCUT2D eigenvalue weighted by Gasteiger charge is 2.47. The van der Waals surface area contributed by atoms with Gasteiger partial charge in [0.1, 0.15) is 0 Å². The van der Waals surface area contributed by atoms with E-state index in [-0.39, 0.29) is 11.8 Å². The lowest BCUT2D eigenvalue weighted by Gasteiger charge is -2.15. The highest BCUT2D eigenvalue weighted by atomic mass is 35.5. The summed E-state index contributed by atoms with van der Waals surface area (Å²) in [6, 6.07) is 20.6. The van der Waals surface area contributed by atoms with Crippen LogP contribution in [0.3, 0.4) is 0 Å². The Labute approximate surface area is 190 Å². The number of carbonyl (C=O) groups excluding carboxylic acids is 2. The molecule has 3 aromatic carbocycles. The van der Waals surface area contributed by atoms with Crippen molar-refractivity contribution in [3.8, 4) is 0 Å². The molecule has 1 heterocycles. The lowest BCUT2D eigenvalue weighted by molar-refractivity contribution is -0.596. The average Bonchev–Trinajstić information content (AvgIpc) is 3.06. The molecule has 0 radical (unpaired) electrons. The van der Waals surface area contributed by atoms with Crippen LogP contribution in [-0.2, 0) is 4.79 Å². The minimum Gasteiger partial charge on any atom is -0.334 e. The topological polar surface area (TPSA) is 61.2 Å². The molecule has 1 aliphatic rings. The summed E-state index contributed by atoms with van der Waals surface area (Å²) < 4.78 is 1.67. The molecule has 0 bridgehead atoms. The molecule has 2 atom stereocenters. The number of hydrogen-bond acceptors (Lipinski definition) is 2. The number of benzene rings is 3. The van der Waals surface area contributed by atoms with Crippen LogP contribution in [0.1, 0.15) is 33.1 Å². The first-order chi connectivity index (χ1) is 14.9. The average molecular weight is 453 g/mol. The van der Waals surface area contributed by atoms with Crippen LogP contribution in [0.25, 0.3) is 0 Å². The summed E-state index contributed by atoms with van der Waals surface area (Å²) in [5.74, 6) is -0.622. The Balaban J connectivity index is 1.70. The number of aryl methyl sites for hydroxylation is 1. The van der Waals surface area contributed by atoms with Gasteiger partial charge in [0.15, 0.2) is 6.04 Å². The minimum absolute atomic E-state index is 0.310. The van der Waals surface area contributed by atoms with E-state index in [2.05, 4.69) is 10.7 Å². The molecule has 1 aliphatic heterocycles. The zero-order chi connectivity index (χ0) is 22.0. The van der Waals surface area contributed by atoms with E-state index in [1.807, 2.05) is 49.4 Å². The van der Waals surface area contributed by atoms with E-state index in [1.54, 1.807) is 41.2 Å². The second-order valence-electron chi connectivity index (χ2n) is 7.35. The third-order valence-electron chi connectivity index (χ3n) is 5.12. The number of hydrazine groups is 1. The molecule has 0 aromatic heterocycles. The molecule has 3 aromatic rings. The number of nitrogens with zero attached hydrogens (tertiary/aromatic N) is 1. The minimum atomic E-state index is -0.793. The third-order valence-corrected chi connectivity index (χ3v) is 5.68. The second-order valence-corrected chi connectivity index (χ2v) is 8.19. The molecule has 0 saturated carbocycles. The van der Waals surface area contributed by atoms with Crippen molar-refractivity contribution in [1.29, 1.82) is 0 Å². The molecule has 2 N–H and O–H groups in total. The van der Waals surface area contributed by atoms with Crippen LogP contribution >= 0.6 is 23.2 Å². The fourth-order valence-electron chi connectivity index (χ4n) is 3.52. The summed E-state index contributed by atoms with van der Waals surface area (Å²) in [6.45, 7) is 1.95. The maximum atomic E-state index is 12.9. The Morgan fingerprint density at radius 1 is 1.03 bits per heavy atom. The predicted molar refractivity (Wildman–Crippen MR) is 122 cm³/mol. The number of rotatable bonds is 4. The molecule has 0 aliphatic carbocycles. The van der Waals surface area contributed by atoms with Gasteiger partial charge in [0.25, 0.3) is 5.91 Å². The first-order valence-electron chi connectivity index (χ1n) is 9.73. The Bertz CT molecular complexity index is 1160. The van der Waals surface area contributed by atoms with E-state index in [0.717, 1.165) is 11.1 Å². The van der Waals surface area contributed by atoms with Gasteiger partial charge in [0, 0.05) is 16.1 Å². The van der Waals surface area contributed by atoms with Crippen molar-refractivity contribution in [2.24, 2.45) is 0 Å². The van der Waals surface area contributed by atoms with Gasteiger partial charge in [-0.3, -0.25) is 9.59 Å². The lowest BCUT2D eigenvalue weighted by Crippen LogP contribution is -2.42. The standard InChI is InChI=1S/C24H19Cl2N3O2/c1-15-7-9-17(10-8-15)23(30)27-21-22(16-5-3-2-4-6-16)29(28-24(21)31)14-18-11-12-19(25)13-20(18)26/h2-14,21-22H,1H3,(H-,27,28,30,31)/p+1/b29-14-/t21-,22-/m1/s1. The quantitative estimate of drug-likeness (QED) is 0.579. The Morgan fingerprint density at radius 2 is 1.74 bits per heavy atom. The van der Waals surface area contributed by atoms with Gasteiger partial charge in [-0.25, -0.2) is 0 Å². The van der Waals surface area contributed by atoms with Gasteiger partial charge in [-0.2, -0.15) is 0 Å². The monoisotopic (exact) mass is 452 g/mol. The van der Waals surface area contributed by atoms with Gasteiger partial charge < -0.3 is 5.32 Å². The van der Waals surface area contributed by atoms with Crippen LogP contribution in [-0.4, -0.2) is 28.8 Å². The fourth-order valence-corrected chi connectivity index (χ4v) is 3.97. The molecule has 1 fully saturated rings. The summed E-state index contributed by atoms with van der Waals surface area (Å²) in [7, 11) is 0. The maximum Gasteiger partial charge on any atom is 0.304 e. The number of hydrazone groups is 1. The largest absolute Gasteiger partial charge is 0.334 e.